The van der Waals surface area contributed by atoms with Crippen LogP contribution in [0.2, 0.25) is 10.0 Å². The lowest BCUT2D eigenvalue weighted by atomic mass is 9.83. The van der Waals surface area contributed by atoms with Crippen molar-refractivity contribution in [1.29, 1.82) is 0 Å². The van der Waals surface area contributed by atoms with Crippen LogP contribution in [0.1, 0.15) is 39.4 Å². The molecule has 102 valence electrons. The Hall–Kier alpha value is -0.280. The Balaban J connectivity index is 3.10. The van der Waals surface area contributed by atoms with E-state index in [1.165, 1.54) is 0 Å². The molecule has 2 nitrogen and oxygen atoms in total. The molecule has 0 aliphatic heterocycles. The predicted octanol–water partition coefficient (Wildman–Crippen LogP) is 4.48. The number of aliphatic hydroxyl groups is 1. The first kappa shape index (κ1) is 15.8. The summed E-state index contributed by atoms with van der Waals surface area (Å²) >= 11 is 12.1. The highest BCUT2D eigenvalue weighted by molar-refractivity contribution is 6.42. The molecular weight excluding hydrogens is 271 g/mol. The van der Waals surface area contributed by atoms with Crippen LogP contribution in [0.5, 0.6) is 0 Å². The van der Waals surface area contributed by atoms with Gasteiger partial charge in [0.25, 0.3) is 0 Å². The van der Waals surface area contributed by atoms with Crippen molar-refractivity contribution in [2.24, 2.45) is 5.41 Å². The molecule has 0 fully saturated rings. The lowest BCUT2D eigenvalue weighted by Gasteiger charge is -2.34. The van der Waals surface area contributed by atoms with Gasteiger partial charge in [-0.3, -0.25) is 0 Å². The van der Waals surface area contributed by atoms with Crippen LogP contribution in [-0.2, 0) is 4.74 Å². The van der Waals surface area contributed by atoms with E-state index < -0.39 is 6.10 Å². The van der Waals surface area contributed by atoms with E-state index >= 15 is 0 Å². The molecule has 0 aliphatic rings. The van der Waals surface area contributed by atoms with Crippen molar-refractivity contribution in [3.05, 3.63) is 33.8 Å². The molecule has 4 heteroatoms. The third-order valence-electron chi connectivity index (χ3n) is 2.79. The third-order valence-corrected chi connectivity index (χ3v) is 3.62. The summed E-state index contributed by atoms with van der Waals surface area (Å²) in [7, 11) is 0. The fourth-order valence-corrected chi connectivity index (χ4v) is 2.33. The first-order valence-electron chi connectivity index (χ1n) is 6.02. The molecular formula is C14H20Cl2O2. The molecule has 2 atom stereocenters. The average molecular weight is 291 g/mol. The Labute approximate surface area is 119 Å². The zero-order valence-corrected chi connectivity index (χ0v) is 12.7. The Morgan fingerprint density at radius 1 is 1.28 bits per heavy atom. The second-order valence-electron chi connectivity index (χ2n) is 5.33. The molecule has 0 aliphatic carbocycles. The number of hydrogen-bond acceptors (Lipinski definition) is 2. The van der Waals surface area contributed by atoms with Crippen molar-refractivity contribution in [2.45, 2.75) is 39.9 Å². The van der Waals surface area contributed by atoms with E-state index in [1.54, 1.807) is 18.2 Å². The minimum absolute atomic E-state index is 0.193. The van der Waals surface area contributed by atoms with E-state index in [0.717, 1.165) is 0 Å². The summed E-state index contributed by atoms with van der Waals surface area (Å²) in [6, 6.07) is 5.25. The highest BCUT2D eigenvalue weighted by Gasteiger charge is 2.34. The summed E-state index contributed by atoms with van der Waals surface area (Å²) in [5.41, 5.74) is 0.415. The zero-order chi connectivity index (χ0) is 13.9. The van der Waals surface area contributed by atoms with Gasteiger partial charge in [-0.05, 0) is 18.4 Å². The molecule has 0 aromatic heterocycles. The first-order chi connectivity index (χ1) is 8.29. The topological polar surface area (TPSA) is 29.5 Å². The number of halogens is 2. The van der Waals surface area contributed by atoms with E-state index in [2.05, 4.69) is 0 Å². The summed E-state index contributed by atoms with van der Waals surface area (Å²) in [5, 5.41) is 11.3. The van der Waals surface area contributed by atoms with Crippen LogP contribution >= 0.6 is 23.2 Å². The van der Waals surface area contributed by atoms with Gasteiger partial charge in [0, 0.05) is 12.2 Å². The van der Waals surface area contributed by atoms with Crippen molar-refractivity contribution < 1.29 is 9.84 Å². The first-order valence-corrected chi connectivity index (χ1v) is 6.78. The van der Waals surface area contributed by atoms with Crippen LogP contribution < -0.4 is 0 Å². The van der Waals surface area contributed by atoms with Crippen LogP contribution in [0, 0.1) is 5.41 Å². The van der Waals surface area contributed by atoms with Gasteiger partial charge in [0.05, 0.1) is 16.1 Å². The maximum absolute atomic E-state index is 10.5. The zero-order valence-electron chi connectivity index (χ0n) is 11.2. The highest BCUT2D eigenvalue weighted by Crippen LogP contribution is 2.37. The van der Waals surface area contributed by atoms with Gasteiger partial charge in [-0.1, -0.05) is 56.1 Å². The number of benzene rings is 1. The monoisotopic (exact) mass is 290 g/mol. The van der Waals surface area contributed by atoms with E-state index in [1.807, 2.05) is 27.7 Å². The fraction of sp³-hybridized carbons (Fsp3) is 0.571. The van der Waals surface area contributed by atoms with Gasteiger partial charge in [0.2, 0.25) is 0 Å². The van der Waals surface area contributed by atoms with Crippen LogP contribution in [0.15, 0.2) is 18.2 Å². The molecule has 0 spiro atoms. The molecule has 18 heavy (non-hydrogen) atoms. The second kappa shape index (κ2) is 6.25. The Kier molecular flexibility index (Phi) is 5.47. The summed E-state index contributed by atoms with van der Waals surface area (Å²) in [6.07, 6.45) is -1.13. The molecule has 1 rings (SSSR count). The van der Waals surface area contributed by atoms with E-state index in [-0.39, 0.29) is 11.5 Å². The van der Waals surface area contributed by atoms with Crippen molar-refractivity contribution in [2.75, 3.05) is 6.61 Å². The van der Waals surface area contributed by atoms with Crippen LogP contribution in [-0.4, -0.2) is 17.8 Å². The summed E-state index contributed by atoms with van der Waals surface area (Å²) < 4.78 is 5.67. The average Bonchev–Trinajstić information content (AvgIpc) is 2.27. The van der Waals surface area contributed by atoms with Gasteiger partial charge in [0.15, 0.2) is 0 Å². The lowest BCUT2D eigenvalue weighted by molar-refractivity contribution is -0.0898. The third kappa shape index (κ3) is 3.61. The summed E-state index contributed by atoms with van der Waals surface area (Å²) in [5.74, 6) is 0. The lowest BCUT2D eigenvalue weighted by Crippen LogP contribution is -2.35. The van der Waals surface area contributed by atoms with Crippen molar-refractivity contribution in [3.8, 4) is 0 Å². The quantitative estimate of drug-likeness (QED) is 0.886. The Bertz CT molecular complexity index is 399. The van der Waals surface area contributed by atoms with Gasteiger partial charge >= 0.3 is 0 Å². The molecule has 0 saturated heterocycles. The van der Waals surface area contributed by atoms with Gasteiger partial charge in [0.1, 0.15) is 6.10 Å². The standard InChI is InChI=1S/C14H20Cl2O2/c1-5-18-13(14(2,3)4)12(17)9-7-6-8-10(15)11(9)16/h6-8,12-13,17H,5H2,1-4H3. The maximum Gasteiger partial charge on any atom is 0.107 e. The summed E-state index contributed by atoms with van der Waals surface area (Å²) in [6.45, 7) is 8.52. The predicted molar refractivity (Wildman–Crippen MR) is 76.3 cm³/mol. The molecule has 1 N–H and O–H groups in total. The Morgan fingerprint density at radius 3 is 2.39 bits per heavy atom. The van der Waals surface area contributed by atoms with E-state index in [9.17, 15) is 5.11 Å². The molecule has 1 aromatic rings. The molecule has 0 heterocycles. The van der Waals surface area contributed by atoms with Crippen LogP contribution in [0.25, 0.3) is 0 Å². The molecule has 0 bridgehead atoms. The molecule has 0 radical (unpaired) electrons. The van der Waals surface area contributed by atoms with Gasteiger partial charge in [-0.25, -0.2) is 0 Å². The van der Waals surface area contributed by atoms with Crippen molar-refractivity contribution in [1.82, 2.24) is 0 Å². The normalized spacial score (nSPS) is 15.5. The molecule has 2 unspecified atom stereocenters. The number of rotatable bonds is 4. The van der Waals surface area contributed by atoms with Crippen LogP contribution in [0.3, 0.4) is 0 Å². The van der Waals surface area contributed by atoms with Crippen molar-refractivity contribution in [3.63, 3.8) is 0 Å². The van der Waals surface area contributed by atoms with Gasteiger partial charge in [-0.15, -0.1) is 0 Å². The van der Waals surface area contributed by atoms with Crippen molar-refractivity contribution >= 4 is 23.2 Å². The van der Waals surface area contributed by atoms with E-state index in [4.69, 9.17) is 27.9 Å². The smallest absolute Gasteiger partial charge is 0.107 e. The molecule has 0 saturated carbocycles. The molecule has 0 amide bonds. The second-order valence-corrected chi connectivity index (χ2v) is 6.12. The molecule has 1 aromatic carbocycles. The number of aliphatic hydroxyl groups excluding tert-OH is 1. The SMILES string of the molecule is CCOC(C(O)c1cccc(Cl)c1Cl)C(C)(C)C. The number of hydrogen-bond donors (Lipinski definition) is 1. The minimum atomic E-state index is -0.795. The summed E-state index contributed by atoms with van der Waals surface area (Å²) in [4.78, 5) is 0. The Morgan fingerprint density at radius 2 is 1.89 bits per heavy atom. The maximum atomic E-state index is 10.5. The number of ether oxygens (including phenoxy) is 1. The van der Waals surface area contributed by atoms with Gasteiger partial charge in [-0.2, -0.15) is 0 Å². The van der Waals surface area contributed by atoms with Gasteiger partial charge < -0.3 is 9.84 Å². The van der Waals surface area contributed by atoms with Crippen LogP contribution in [0.4, 0.5) is 0 Å². The highest BCUT2D eigenvalue weighted by atomic mass is 35.5. The van der Waals surface area contributed by atoms with E-state index in [0.29, 0.717) is 22.2 Å². The minimum Gasteiger partial charge on any atom is -0.386 e. The largest absolute Gasteiger partial charge is 0.386 e. The fourth-order valence-electron chi connectivity index (χ4n) is 1.91.